The predicted molar refractivity (Wildman–Crippen MR) is 103 cm³/mol. The van der Waals surface area contributed by atoms with Gasteiger partial charge in [0.15, 0.2) is 0 Å². The van der Waals surface area contributed by atoms with Gasteiger partial charge in [-0.1, -0.05) is 18.2 Å². The van der Waals surface area contributed by atoms with Gasteiger partial charge in [0.05, 0.1) is 6.54 Å². The molecule has 0 unspecified atom stereocenters. The maximum absolute atomic E-state index is 12.9. The number of benzene rings is 2. The van der Waals surface area contributed by atoms with E-state index in [-0.39, 0.29) is 23.7 Å². The fraction of sp³-hybridized carbons (Fsp3) is 0.333. The number of carbonyl (C=O) groups excluding carboxylic acids is 2. The number of amides is 2. The minimum absolute atomic E-state index is 0.0295. The molecule has 0 saturated carbocycles. The summed E-state index contributed by atoms with van der Waals surface area (Å²) in [7, 11) is 0. The summed E-state index contributed by atoms with van der Waals surface area (Å²) >= 11 is 0. The molecule has 6 heteroatoms. The Bertz CT molecular complexity index is 799. The van der Waals surface area contributed by atoms with Crippen molar-refractivity contribution in [2.24, 2.45) is 0 Å². The van der Waals surface area contributed by atoms with Crippen LogP contribution in [-0.2, 0) is 4.79 Å². The van der Waals surface area contributed by atoms with E-state index in [1.54, 1.807) is 0 Å². The van der Waals surface area contributed by atoms with Crippen LogP contribution in [0.5, 0.6) is 0 Å². The fourth-order valence-electron chi connectivity index (χ4n) is 3.21. The van der Waals surface area contributed by atoms with Crippen molar-refractivity contribution in [1.29, 1.82) is 0 Å². The summed E-state index contributed by atoms with van der Waals surface area (Å²) < 4.78 is 12.9. The average Bonchev–Trinajstić information content (AvgIpc) is 2.66. The zero-order valence-electron chi connectivity index (χ0n) is 15.4. The van der Waals surface area contributed by atoms with E-state index in [2.05, 4.69) is 15.5 Å². The predicted octanol–water partition coefficient (Wildman–Crippen LogP) is 2.97. The standard InChI is InChI=1S/C21H24FN3O2/c1-15-4-2-3-5-19(15)24-20(26)14-25-12-10-18(11-13-25)23-21(27)16-6-8-17(22)9-7-16/h2-9,18H,10-14H2,1H3,(H,23,27)(H,24,26). The Balaban J connectivity index is 1.43. The van der Waals surface area contributed by atoms with Crippen LogP contribution in [-0.4, -0.2) is 42.4 Å². The van der Waals surface area contributed by atoms with Crippen molar-refractivity contribution < 1.29 is 14.0 Å². The second-order valence-corrected chi connectivity index (χ2v) is 6.89. The molecule has 2 aromatic carbocycles. The first-order valence-corrected chi connectivity index (χ1v) is 9.15. The molecule has 0 spiro atoms. The molecule has 2 N–H and O–H groups in total. The third-order valence-corrected chi connectivity index (χ3v) is 4.82. The van der Waals surface area contributed by atoms with E-state index in [9.17, 15) is 14.0 Å². The lowest BCUT2D eigenvalue weighted by Gasteiger charge is -2.31. The quantitative estimate of drug-likeness (QED) is 0.852. The van der Waals surface area contributed by atoms with Gasteiger partial charge in [0.25, 0.3) is 5.91 Å². The van der Waals surface area contributed by atoms with Crippen LogP contribution in [0.4, 0.5) is 10.1 Å². The number of hydrogen-bond acceptors (Lipinski definition) is 3. The van der Waals surface area contributed by atoms with E-state index >= 15 is 0 Å². The van der Waals surface area contributed by atoms with Gasteiger partial charge in [-0.05, 0) is 55.7 Å². The lowest BCUT2D eigenvalue weighted by molar-refractivity contribution is -0.117. The zero-order chi connectivity index (χ0) is 19.2. The summed E-state index contributed by atoms with van der Waals surface area (Å²) in [6.45, 7) is 3.79. The van der Waals surface area contributed by atoms with Gasteiger partial charge in [-0.3, -0.25) is 14.5 Å². The van der Waals surface area contributed by atoms with Crippen LogP contribution < -0.4 is 10.6 Å². The molecule has 0 aromatic heterocycles. The van der Waals surface area contributed by atoms with Gasteiger partial charge >= 0.3 is 0 Å². The Kier molecular flexibility index (Phi) is 6.19. The smallest absolute Gasteiger partial charge is 0.251 e. The molecule has 142 valence electrons. The second kappa shape index (κ2) is 8.77. The molecule has 1 aliphatic rings. The molecular formula is C21H24FN3O2. The Morgan fingerprint density at radius 2 is 1.74 bits per heavy atom. The van der Waals surface area contributed by atoms with Gasteiger partial charge in [0, 0.05) is 30.4 Å². The number of anilines is 1. The van der Waals surface area contributed by atoms with Crippen LogP contribution >= 0.6 is 0 Å². The monoisotopic (exact) mass is 369 g/mol. The summed E-state index contributed by atoms with van der Waals surface area (Å²) in [5.41, 5.74) is 2.33. The zero-order valence-corrected chi connectivity index (χ0v) is 15.4. The second-order valence-electron chi connectivity index (χ2n) is 6.89. The van der Waals surface area contributed by atoms with Gasteiger partial charge in [0.2, 0.25) is 5.91 Å². The van der Waals surface area contributed by atoms with Crippen molar-refractivity contribution in [1.82, 2.24) is 10.2 Å². The largest absolute Gasteiger partial charge is 0.349 e. The van der Waals surface area contributed by atoms with E-state index in [4.69, 9.17) is 0 Å². The summed E-state index contributed by atoms with van der Waals surface area (Å²) in [5, 5.41) is 5.93. The number of likely N-dealkylation sites (tertiary alicyclic amines) is 1. The lowest BCUT2D eigenvalue weighted by Crippen LogP contribution is -2.46. The van der Waals surface area contributed by atoms with E-state index in [1.165, 1.54) is 24.3 Å². The number of carbonyl (C=O) groups is 2. The molecule has 2 aromatic rings. The molecule has 1 fully saturated rings. The number of halogens is 1. The van der Waals surface area contributed by atoms with Crippen molar-refractivity contribution in [3.05, 3.63) is 65.5 Å². The van der Waals surface area contributed by atoms with Crippen molar-refractivity contribution in [3.63, 3.8) is 0 Å². The number of hydrogen-bond donors (Lipinski definition) is 2. The molecule has 0 bridgehead atoms. The van der Waals surface area contributed by atoms with E-state index in [0.29, 0.717) is 12.1 Å². The number of para-hydroxylation sites is 1. The Morgan fingerprint density at radius 1 is 1.07 bits per heavy atom. The highest BCUT2D eigenvalue weighted by molar-refractivity contribution is 5.94. The number of nitrogens with zero attached hydrogens (tertiary/aromatic N) is 1. The van der Waals surface area contributed by atoms with Crippen LogP contribution in [0, 0.1) is 12.7 Å². The van der Waals surface area contributed by atoms with Crippen molar-refractivity contribution >= 4 is 17.5 Å². The van der Waals surface area contributed by atoms with Crippen molar-refractivity contribution in [2.75, 3.05) is 25.0 Å². The maximum Gasteiger partial charge on any atom is 0.251 e. The number of rotatable bonds is 5. The third-order valence-electron chi connectivity index (χ3n) is 4.82. The molecule has 0 radical (unpaired) electrons. The molecule has 0 atom stereocenters. The molecule has 1 heterocycles. The van der Waals surface area contributed by atoms with Crippen molar-refractivity contribution in [2.45, 2.75) is 25.8 Å². The highest BCUT2D eigenvalue weighted by atomic mass is 19.1. The summed E-state index contributed by atoms with van der Waals surface area (Å²) in [6, 6.07) is 13.3. The Labute approximate surface area is 158 Å². The van der Waals surface area contributed by atoms with E-state index in [1.807, 2.05) is 31.2 Å². The summed E-state index contributed by atoms with van der Waals surface area (Å²) in [6.07, 6.45) is 1.56. The minimum atomic E-state index is -0.358. The maximum atomic E-state index is 12.9. The molecule has 1 saturated heterocycles. The lowest BCUT2D eigenvalue weighted by atomic mass is 10.0. The first-order valence-electron chi connectivity index (χ1n) is 9.15. The van der Waals surface area contributed by atoms with Crippen LogP contribution in [0.2, 0.25) is 0 Å². The van der Waals surface area contributed by atoms with Gasteiger partial charge in [0.1, 0.15) is 5.82 Å². The van der Waals surface area contributed by atoms with Gasteiger partial charge in [-0.25, -0.2) is 4.39 Å². The molecular weight excluding hydrogens is 345 g/mol. The van der Waals surface area contributed by atoms with E-state index < -0.39 is 0 Å². The average molecular weight is 369 g/mol. The number of aryl methyl sites for hydroxylation is 1. The molecule has 0 aliphatic carbocycles. The number of nitrogens with one attached hydrogen (secondary N) is 2. The first-order chi connectivity index (χ1) is 13.0. The summed E-state index contributed by atoms with van der Waals surface area (Å²) in [4.78, 5) is 26.6. The van der Waals surface area contributed by atoms with Crippen LogP contribution in [0.25, 0.3) is 0 Å². The molecule has 5 nitrogen and oxygen atoms in total. The fourth-order valence-corrected chi connectivity index (χ4v) is 3.21. The Hall–Kier alpha value is -2.73. The topological polar surface area (TPSA) is 61.4 Å². The minimum Gasteiger partial charge on any atom is -0.349 e. The number of piperidine rings is 1. The van der Waals surface area contributed by atoms with Gasteiger partial charge in [-0.15, -0.1) is 0 Å². The molecule has 3 rings (SSSR count). The van der Waals surface area contributed by atoms with E-state index in [0.717, 1.165) is 37.2 Å². The van der Waals surface area contributed by atoms with Crippen LogP contribution in [0.3, 0.4) is 0 Å². The third kappa shape index (κ3) is 5.37. The van der Waals surface area contributed by atoms with Crippen LogP contribution in [0.15, 0.2) is 48.5 Å². The molecule has 1 aliphatic heterocycles. The Morgan fingerprint density at radius 3 is 2.41 bits per heavy atom. The van der Waals surface area contributed by atoms with Crippen LogP contribution in [0.1, 0.15) is 28.8 Å². The SMILES string of the molecule is Cc1ccccc1NC(=O)CN1CCC(NC(=O)c2ccc(F)cc2)CC1. The van der Waals surface area contributed by atoms with Gasteiger partial charge < -0.3 is 10.6 Å². The summed E-state index contributed by atoms with van der Waals surface area (Å²) in [5.74, 6) is -0.576. The highest BCUT2D eigenvalue weighted by Crippen LogP contribution is 2.15. The van der Waals surface area contributed by atoms with Crippen molar-refractivity contribution in [3.8, 4) is 0 Å². The molecule has 2 amide bonds. The molecule has 27 heavy (non-hydrogen) atoms. The van der Waals surface area contributed by atoms with Gasteiger partial charge in [-0.2, -0.15) is 0 Å². The first kappa shape index (κ1) is 19.0. The normalized spacial score (nSPS) is 15.3. The highest BCUT2D eigenvalue weighted by Gasteiger charge is 2.22.